The van der Waals surface area contributed by atoms with Crippen LogP contribution in [0.2, 0.25) is 0 Å². The van der Waals surface area contributed by atoms with E-state index in [1.165, 1.54) is 30.3 Å². The lowest BCUT2D eigenvalue weighted by Crippen LogP contribution is -2.57. The highest BCUT2D eigenvalue weighted by atomic mass is 16.6. The van der Waals surface area contributed by atoms with Crippen molar-refractivity contribution in [2.75, 3.05) is 9.80 Å². The number of carbonyl (C=O) groups excluding carboxylic acids is 3. The molecule has 0 spiro atoms. The number of nitro groups is 1. The monoisotopic (exact) mass is 441 g/mol. The van der Waals surface area contributed by atoms with Crippen LogP contribution in [0, 0.1) is 24.0 Å². The van der Waals surface area contributed by atoms with Crippen LogP contribution < -0.4 is 9.80 Å². The fraction of sp³-hybridized carbons (Fsp3) is 0.0800. The van der Waals surface area contributed by atoms with Gasteiger partial charge in [-0.2, -0.15) is 0 Å². The lowest BCUT2D eigenvalue weighted by Gasteiger charge is -2.34. The second kappa shape index (κ2) is 8.51. The summed E-state index contributed by atoms with van der Waals surface area (Å²) >= 11 is 0. The van der Waals surface area contributed by atoms with Gasteiger partial charge >= 0.3 is 6.03 Å². The summed E-state index contributed by atoms with van der Waals surface area (Å²) in [7, 11) is 0. The molecule has 1 fully saturated rings. The van der Waals surface area contributed by atoms with Gasteiger partial charge in [0.1, 0.15) is 5.57 Å². The van der Waals surface area contributed by atoms with E-state index in [2.05, 4.69) is 0 Å². The average Bonchev–Trinajstić information content (AvgIpc) is 2.79. The molecule has 4 amide bonds. The number of rotatable bonds is 4. The third-order valence-electron chi connectivity index (χ3n) is 5.25. The van der Waals surface area contributed by atoms with E-state index < -0.39 is 22.8 Å². The number of nitro benzene ring substituents is 1. The first-order valence-corrected chi connectivity index (χ1v) is 10.1. The van der Waals surface area contributed by atoms with Crippen molar-refractivity contribution in [2.45, 2.75) is 13.8 Å². The molecule has 8 nitrogen and oxygen atoms in total. The van der Waals surface area contributed by atoms with Gasteiger partial charge in [0.15, 0.2) is 0 Å². The molecule has 0 N–H and O–H groups in total. The predicted molar refractivity (Wildman–Crippen MR) is 124 cm³/mol. The van der Waals surface area contributed by atoms with E-state index in [9.17, 15) is 24.5 Å². The van der Waals surface area contributed by atoms with Gasteiger partial charge in [-0.15, -0.1) is 0 Å². The smallest absolute Gasteiger partial charge is 0.268 e. The summed E-state index contributed by atoms with van der Waals surface area (Å²) in [5, 5.41) is 10.9. The molecule has 1 aliphatic rings. The first-order valence-electron chi connectivity index (χ1n) is 10.1. The third kappa shape index (κ3) is 4.14. The number of carbonyl (C=O) groups is 3. The molecule has 164 valence electrons. The van der Waals surface area contributed by atoms with Crippen molar-refractivity contribution in [3.63, 3.8) is 0 Å². The van der Waals surface area contributed by atoms with Crippen LogP contribution in [0.15, 0.2) is 78.4 Å². The third-order valence-corrected chi connectivity index (χ3v) is 5.25. The highest BCUT2D eigenvalue weighted by Crippen LogP contribution is 2.30. The Balaban J connectivity index is 1.83. The summed E-state index contributed by atoms with van der Waals surface area (Å²) < 4.78 is 0. The van der Waals surface area contributed by atoms with Crippen molar-refractivity contribution in [1.82, 2.24) is 0 Å². The summed E-state index contributed by atoms with van der Waals surface area (Å²) in [6, 6.07) is 18.3. The van der Waals surface area contributed by atoms with Crippen LogP contribution in [-0.4, -0.2) is 22.8 Å². The zero-order valence-corrected chi connectivity index (χ0v) is 17.9. The van der Waals surface area contributed by atoms with Crippen LogP contribution in [0.3, 0.4) is 0 Å². The fourth-order valence-corrected chi connectivity index (χ4v) is 3.43. The Morgan fingerprint density at radius 3 is 1.52 bits per heavy atom. The molecule has 0 aromatic heterocycles. The van der Waals surface area contributed by atoms with Gasteiger partial charge in [0, 0.05) is 12.1 Å². The molecule has 0 saturated carbocycles. The quantitative estimate of drug-likeness (QED) is 0.251. The van der Waals surface area contributed by atoms with Gasteiger partial charge in [-0.3, -0.25) is 19.7 Å². The number of benzene rings is 3. The SMILES string of the molecule is Cc1ccc(N2C(=O)C(=Cc3ccc([N+](=O)[O-])cc3)C(=O)N(c3ccc(C)cc3)C2=O)cc1. The number of imide groups is 2. The van der Waals surface area contributed by atoms with Gasteiger partial charge in [0.2, 0.25) is 0 Å². The van der Waals surface area contributed by atoms with Gasteiger partial charge in [0.25, 0.3) is 17.5 Å². The number of amides is 4. The highest BCUT2D eigenvalue weighted by molar-refractivity contribution is 6.46. The summed E-state index contributed by atoms with van der Waals surface area (Å²) in [5.41, 5.74) is 2.62. The van der Waals surface area contributed by atoms with Crippen LogP contribution >= 0.6 is 0 Å². The molecule has 4 rings (SSSR count). The molecule has 33 heavy (non-hydrogen) atoms. The minimum atomic E-state index is -0.779. The summed E-state index contributed by atoms with van der Waals surface area (Å²) in [4.78, 5) is 52.3. The van der Waals surface area contributed by atoms with Crippen molar-refractivity contribution >= 4 is 41.0 Å². The Morgan fingerprint density at radius 2 is 1.12 bits per heavy atom. The number of anilines is 2. The lowest BCUT2D eigenvalue weighted by atomic mass is 10.0. The zero-order chi connectivity index (χ0) is 23.7. The normalized spacial score (nSPS) is 14.0. The maximum absolute atomic E-state index is 13.3. The second-order valence-electron chi connectivity index (χ2n) is 7.64. The van der Waals surface area contributed by atoms with Gasteiger partial charge in [-0.1, -0.05) is 35.4 Å². The van der Waals surface area contributed by atoms with E-state index in [0.717, 1.165) is 20.9 Å². The van der Waals surface area contributed by atoms with Gasteiger partial charge in [-0.25, -0.2) is 14.6 Å². The number of non-ortho nitro benzene ring substituents is 1. The van der Waals surface area contributed by atoms with Gasteiger partial charge in [0.05, 0.1) is 16.3 Å². The summed E-state index contributed by atoms with van der Waals surface area (Å²) in [5.74, 6) is -1.54. The summed E-state index contributed by atoms with van der Waals surface area (Å²) in [6.07, 6.45) is 1.34. The minimum Gasteiger partial charge on any atom is -0.268 e. The Hall–Kier alpha value is -4.59. The molecular formula is C25H19N3O5. The van der Waals surface area contributed by atoms with E-state index in [4.69, 9.17) is 0 Å². The maximum Gasteiger partial charge on any atom is 0.343 e. The molecule has 3 aromatic rings. The van der Waals surface area contributed by atoms with Crippen LogP contribution in [0.4, 0.5) is 21.9 Å². The molecule has 1 aliphatic heterocycles. The number of barbiturate groups is 1. The van der Waals surface area contributed by atoms with Crippen molar-refractivity contribution in [3.05, 3.63) is 105 Å². The molecule has 3 aromatic carbocycles. The van der Waals surface area contributed by atoms with E-state index in [0.29, 0.717) is 16.9 Å². The van der Waals surface area contributed by atoms with Crippen molar-refractivity contribution in [1.29, 1.82) is 0 Å². The number of nitrogens with zero attached hydrogens (tertiary/aromatic N) is 3. The Labute approximate surface area is 189 Å². The van der Waals surface area contributed by atoms with Crippen LogP contribution in [0.25, 0.3) is 6.08 Å². The van der Waals surface area contributed by atoms with Crippen LogP contribution in [-0.2, 0) is 9.59 Å². The molecule has 0 aliphatic carbocycles. The minimum absolute atomic E-state index is 0.115. The highest BCUT2D eigenvalue weighted by Gasteiger charge is 2.43. The first kappa shape index (κ1) is 21.6. The first-order chi connectivity index (χ1) is 15.8. The molecular weight excluding hydrogens is 422 g/mol. The topological polar surface area (TPSA) is 101 Å². The lowest BCUT2D eigenvalue weighted by molar-refractivity contribution is -0.384. The molecule has 0 unspecified atom stereocenters. The molecule has 0 atom stereocenters. The zero-order valence-electron chi connectivity index (χ0n) is 17.9. The van der Waals surface area contributed by atoms with E-state index in [1.54, 1.807) is 48.5 Å². The molecule has 8 heteroatoms. The van der Waals surface area contributed by atoms with Crippen molar-refractivity contribution in [2.24, 2.45) is 0 Å². The number of aryl methyl sites for hydroxylation is 2. The van der Waals surface area contributed by atoms with Crippen LogP contribution in [0.1, 0.15) is 16.7 Å². The van der Waals surface area contributed by atoms with Crippen LogP contribution in [0.5, 0.6) is 0 Å². The number of urea groups is 1. The molecule has 0 bridgehead atoms. The van der Waals surface area contributed by atoms with E-state index in [-0.39, 0.29) is 11.3 Å². The largest absolute Gasteiger partial charge is 0.343 e. The summed E-state index contributed by atoms with van der Waals surface area (Å²) in [6.45, 7) is 3.76. The Bertz CT molecular complexity index is 1220. The Morgan fingerprint density at radius 1 is 0.697 bits per heavy atom. The van der Waals surface area contributed by atoms with Gasteiger partial charge < -0.3 is 0 Å². The van der Waals surface area contributed by atoms with Gasteiger partial charge in [-0.05, 0) is 61.9 Å². The van der Waals surface area contributed by atoms with E-state index >= 15 is 0 Å². The van der Waals surface area contributed by atoms with Crippen molar-refractivity contribution < 1.29 is 19.3 Å². The maximum atomic E-state index is 13.3. The Kier molecular flexibility index (Phi) is 5.58. The number of hydrogen-bond acceptors (Lipinski definition) is 5. The molecule has 0 radical (unpaired) electrons. The van der Waals surface area contributed by atoms with Crippen molar-refractivity contribution in [3.8, 4) is 0 Å². The fourth-order valence-electron chi connectivity index (χ4n) is 3.43. The average molecular weight is 441 g/mol. The predicted octanol–water partition coefficient (Wildman–Crippen LogP) is 4.80. The molecule has 1 heterocycles. The molecule has 1 saturated heterocycles. The second-order valence-corrected chi connectivity index (χ2v) is 7.64. The standard InChI is InChI=1S/C25H19N3O5/c1-16-3-9-19(10-4-16)26-23(29)22(15-18-7-13-21(14-8-18)28(32)33)24(30)27(25(26)31)20-11-5-17(2)6-12-20/h3-15H,1-2H3. The number of hydrogen-bond donors (Lipinski definition) is 0. The van der Waals surface area contributed by atoms with E-state index in [1.807, 2.05) is 13.8 Å².